The Kier molecular flexibility index (Phi) is 8.06. The first-order valence-electron chi connectivity index (χ1n) is 11.8. The van der Waals surface area contributed by atoms with Crippen LogP contribution in [0.2, 0.25) is 0 Å². The number of hydrogen-bond donors (Lipinski definition) is 2. The fourth-order valence-corrected chi connectivity index (χ4v) is 5.45. The molecule has 4 rings (SSSR count). The van der Waals surface area contributed by atoms with E-state index in [1.807, 2.05) is 19.1 Å². The third kappa shape index (κ3) is 5.99. The predicted molar refractivity (Wildman–Crippen MR) is 138 cm³/mol. The average Bonchev–Trinajstić information content (AvgIpc) is 3.53. The Morgan fingerprint density at radius 1 is 1.29 bits per heavy atom. The Labute approximate surface area is 227 Å². The standard InChI is InChI=1S/C23H28N6O7S2/c1-11-9-13(20(32)34-10-35-21(33)23(2,3)4)29-18(31)15(19(29)37-11)25-17(30)14(16-26-22(24)38-28-16)27-36-12-7-5-6-8-12/h5,7,9,11-12,15,19H,6,8,10H2,1-4H3,(H,25,30)(H2,24,26,28)/b27-14+. The molecule has 3 N–H and O–H groups in total. The van der Waals surface area contributed by atoms with Gasteiger partial charge >= 0.3 is 11.9 Å². The Hall–Kier alpha value is -3.46. The number of fused-ring (bicyclic) bond motifs is 1. The zero-order chi connectivity index (χ0) is 27.6. The number of anilines is 1. The number of nitrogen functional groups attached to an aromatic ring is 1. The Bertz CT molecular complexity index is 1220. The lowest BCUT2D eigenvalue weighted by atomic mass is 9.98. The number of carbonyl (C=O) groups excluding carboxylic acids is 4. The summed E-state index contributed by atoms with van der Waals surface area (Å²) in [4.78, 5) is 61.6. The summed E-state index contributed by atoms with van der Waals surface area (Å²) in [6.07, 6.45) is 6.65. The number of ether oxygens (including phenoxy) is 2. The van der Waals surface area contributed by atoms with Crippen LogP contribution >= 0.6 is 23.3 Å². The van der Waals surface area contributed by atoms with Crippen molar-refractivity contribution in [1.29, 1.82) is 0 Å². The molecule has 13 nitrogen and oxygen atoms in total. The number of rotatable bonds is 8. The Morgan fingerprint density at radius 3 is 2.68 bits per heavy atom. The van der Waals surface area contributed by atoms with Crippen LogP contribution < -0.4 is 11.1 Å². The van der Waals surface area contributed by atoms with Gasteiger partial charge < -0.3 is 25.4 Å². The highest BCUT2D eigenvalue weighted by molar-refractivity contribution is 8.00. The largest absolute Gasteiger partial charge is 0.427 e. The van der Waals surface area contributed by atoms with Gasteiger partial charge in [-0.15, -0.1) is 11.8 Å². The van der Waals surface area contributed by atoms with Gasteiger partial charge in [-0.25, -0.2) is 4.79 Å². The lowest BCUT2D eigenvalue weighted by molar-refractivity contribution is -0.173. The van der Waals surface area contributed by atoms with Crippen molar-refractivity contribution in [2.75, 3.05) is 12.5 Å². The molecule has 204 valence electrons. The molecule has 2 aliphatic heterocycles. The molecule has 1 aromatic rings. The lowest BCUT2D eigenvalue weighted by Gasteiger charge is -2.49. The van der Waals surface area contributed by atoms with Crippen molar-refractivity contribution in [1.82, 2.24) is 19.6 Å². The van der Waals surface area contributed by atoms with Crippen molar-refractivity contribution < 1.29 is 33.5 Å². The van der Waals surface area contributed by atoms with Crippen LogP contribution in [0.5, 0.6) is 0 Å². The van der Waals surface area contributed by atoms with E-state index in [0.717, 1.165) is 24.4 Å². The van der Waals surface area contributed by atoms with E-state index < -0.39 is 47.4 Å². The fourth-order valence-electron chi connectivity index (χ4n) is 3.69. The quantitative estimate of drug-likeness (QED) is 0.116. The molecule has 0 spiro atoms. The Morgan fingerprint density at radius 2 is 2.05 bits per heavy atom. The minimum absolute atomic E-state index is 0.0164. The maximum atomic E-state index is 13.2. The van der Waals surface area contributed by atoms with Crippen molar-refractivity contribution in [3.8, 4) is 0 Å². The second-order valence-electron chi connectivity index (χ2n) is 9.72. The summed E-state index contributed by atoms with van der Waals surface area (Å²) < 4.78 is 14.1. The molecule has 15 heteroatoms. The normalized spacial score (nSPS) is 24.7. The monoisotopic (exact) mass is 564 g/mol. The van der Waals surface area contributed by atoms with E-state index in [2.05, 4.69) is 19.8 Å². The molecule has 3 aliphatic rings. The van der Waals surface area contributed by atoms with Gasteiger partial charge in [0.25, 0.3) is 11.8 Å². The number of nitrogens with one attached hydrogen (secondary N) is 1. The number of oxime groups is 1. The SMILES string of the molecule is CC1C=C(C(=O)OCOC(=O)C(C)(C)C)N2C(=O)C(NC(=O)/C(=N/OC3C=CCC3)c3nsc(N)n3)C2S1. The number of nitrogens with zero attached hydrogens (tertiary/aromatic N) is 4. The van der Waals surface area contributed by atoms with E-state index in [9.17, 15) is 19.2 Å². The highest BCUT2D eigenvalue weighted by atomic mass is 32.2. The number of thioether (sulfide) groups is 1. The van der Waals surface area contributed by atoms with Crippen molar-refractivity contribution in [3.05, 3.63) is 29.7 Å². The van der Waals surface area contributed by atoms with E-state index in [1.165, 1.54) is 16.7 Å². The van der Waals surface area contributed by atoms with Gasteiger partial charge in [-0.2, -0.15) is 9.36 Å². The topological polar surface area (TPSA) is 175 Å². The molecular weight excluding hydrogens is 536 g/mol. The van der Waals surface area contributed by atoms with Crippen LogP contribution in [-0.2, 0) is 33.5 Å². The summed E-state index contributed by atoms with van der Waals surface area (Å²) in [6.45, 7) is 6.27. The molecule has 0 bridgehead atoms. The third-order valence-electron chi connectivity index (χ3n) is 5.65. The number of allylic oxidation sites excluding steroid dienone is 1. The lowest BCUT2D eigenvalue weighted by Crippen LogP contribution is -2.71. The van der Waals surface area contributed by atoms with Crippen LogP contribution in [0.4, 0.5) is 5.13 Å². The number of nitrogens with two attached hydrogens (primary N) is 1. The summed E-state index contributed by atoms with van der Waals surface area (Å²) in [5, 5.41) is 6.03. The number of amides is 2. The van der Waals surface area contributed by atoms with E-state index in [4.69, 9.17) is 20.0 Å². The minimum atomic E-state index is -0.947. The van der Waals surface area contributed by atoms with Gasteiger partial charge in [-0.05, 0) is 52.7 Å². The number of aromatic nitrogens is 2. The summed E-state index contributed by atoms with van der Waals surface area (Å²) in [5.74, 6) is -2.60. The molecule has 2 amide bonds. The molecule has 0 aromatic carbocycles. The third-order valence-corrected chi connectivity index (χ3v) is 7.52. The summed E-state index contributed by atoms with van der Waals surface area (Å²) >= 11 is 2.28. The van der Waals surface area contributed by atoms with Crippen LogP contribution in [0.3, 0.4) is 0 Å². The molecule has 4 atom stereocenters. The molecule has 1 saturated heterocycles. The van der Waals surface area contributed by atoms with Crippen LogP contribution in [0.15, 0.2) is 29.1 Å². The van der Waals surface area contributed by atoms with Crippen molar-refractivity contribution in [3.63, 3.8) is 0 Å². The van der Waals surface area contributed by atoms with Crippen molar-refractivity contribution in [2.45, 2.75) is 63.3 Å². The van der Waals surface area contributed by atoms with Gasteiger partial charge in [0.05, 0.1) is 5.41 Å². The predicted octanol–water partition coefficient (Wildman–Crippen LogP) is 1.32. The summed E-state index contributed by atoms with van der Waals surface area (Å²) in [6, 6.07) is -0.947. The van der Waals surface area contributed by atoms with Gasteiger partial charge in [0.1, 0.15) is 23.2 Å². The van der Waals surface area contributed by atoms with Crippen LogP contribution in [0, 0.1) is 5.41 Å². The smallest absolute Gasteiger partial charge is 0.357 e. The zero-order valence-electron chi connectivity index (χ0n) is 21.2. The van der Waals surface area contributed by atoms with E-state index in [-0.39, 0.29) is 33.7 Å². The van der Waals surface area contributed by atoms with Gasteiger partial charge in [-0.1, -0.05) is 11.2 Å². The molecule has 1 aliphatic carbocycles. The number of carbonyl (C=O) groups is 4. The Balaban J connectivity index is 1.42. The minimum Gasteiger partial charge on any atom is -0.427 e. The zero-order valence-corrected chi connectivity index (χ0v) is 22.8. The first-order chi connectivity index (χ1) is 18.0. The van der Waals surface area contributed by atoms with Crippen LogP contribution in [0.25, 0.3) is 0 Å². The number of hydrogen-bond acceptors (Lipinski definition) is 13. The maximum Gasteiger partial charge on any atom is 0.357 e. The van der Waals surface area contributed by atoms with E-state index in [1.54, 1.807) is 26.8 Å². The van der Waals surface area contributed by atoms with Gasteiger partial charge in [0.15, 0.2) is 5.13 Å². The maximum absolute atomic E-state index is 13.2. The molecule has 0 radical (unpaired) electrons. The summed E-state index contributed by atoms with van der Waals surface area (Å²) in [7, 11) is 0. The molecule has 38 heavy (non-hydrogen) atoms. The van der Waals surface area contributed by atoms with E-state index >= 15 is 0 Å². The first-order valence-corrected chi connectivity index (χ1v) is 13.5. The summed E-state index contributed by atoms with van der Waals surface area (Å²) in [5.41, 5.74) is 4.72. The molecule has 4 unspecified atom stereocenters. The van der Waals surface area contributed by atoms with Crippen LogP contribution in [0.1, 0.15) is 46.4 Å². The molecule has 3 heterocycles. The number of β-lactam (4-membered cyclic amide) rings is 1. The van der Waals surface area contributed by atoms with Crippen molar-refractivity contribution >= 4 is 57.9 Å². The molecule has 0 saturated carbocycles. The van der Waals surface area contributed by atoms with Crippen LogP contribution in [-0.4, -0.2) is 73.3 Å². The highest BCUT2D eigenvalue weighted by Crippen LogP contribution is 2.41. The van der Waals surface area contributed by atoms with Gasteiger partial charge in [0, 0.05) is 16.8 Å². The molecular formula is C23H28N6O7S2. The second-order valence-corrected chi connectivity index (χ2v) is 12.0. The average molecular weight is 565 g/mol. The first kappa shape index (κ1) is 27.6. The van der Waals surface area contributed by atoms with E-state index in [0.29, 0.717) is 0 Å². The van der Waals surface area contributed by atoms with Gasteiger partial charge in [0.2, 0.25) is 18.3 Å². The molecule has 1 aromatic heterocycles. The second kappa shape index (κ2) is 11.1. The van der Waals surface area contributed by atoms with Crippen molar-refractivity contribution in [2.24, 2.45) is 10.6 Å². The molecule has 1 fully saturated rings. The highest BCUT2D eigenvalue weighted by Gasteiger charge is 2.54. The fraction of sp³-hybridized carbons (Fsp3) is 0.522. The van der Waals surface area contributed by atoms with Gasteiger partial charge in [-0.3, -0.25) is 19.3 Å². The number of esters is 2.